The van der Waals surface area contributed by atoms with Gasteiger partial charge in [-0.25, -0.2) is 14.4 Å². The molecule has 3 fully saturated rings. The van der Waals surface area contributed by atoms with Crippen LogP contribution in [0.1, 0.15) is 6.42 Å². The standard InChI is InChI=1S/C15H33N6O6.C13H29N6O5.C8H17N3O3.C8H16N2O3.C7H14N2O4/c1-22-10-19(11-23-2)16-7-17(20(12-24-3)13-25-4)9-18(8-16)21(14-26-5)15-27-6;1-20-6-14-15-7-16(18(10-21-2)11-22-3)9-17(8-15)19(12-23-4)13-24-5;1-9-4-10(6-13-2)8(12)11(5-9)7-14-3;1-12-6-9-4-3-5-10(7-13-2)8(9)11;1-11-3-8-5-13-6-9(4-12-2)7(8)10/h7-9H,10-15H2,1-6H3;7-9,14H,6,10-13H2,1-5H3;4-7H2,1-3H3;3-7H2,1-2H3;3-6H2,1-2H3/q2*+3;;;. The van der Waals surface area contributed by atoms with Gasteiger partial charge in [0.25, 0.3) is 0 Å². The number of urea groups is 3. The molecule has 40 nitrogen and oxygen atoms in total. The molecular formula is C51H109N19O21+6. The molecule has 0 radical (unpaired) electrons. The minimum atomic E-state index is -0.130. The summed E-state index contributed by atoms with van der Waals surface area (Å²) in [7, 11) is 29.2. The molecule has 0 unspecified atom stereocenters. The molecule has 5 rings (SSSR count). The van der Waals surface area contributed by atoms with Crippen LogP contribution in [0.3, 0.4) is 0 Å². The number of carbonyl (C=O) groups excluding carboxylic acids is 3. The maximum absolute atomic E-state index is 11.7. The van der Waals surface area contributed by atoms with Gasteiger partial charge in [-0.05, 0) is 13.5 Å². The average molecular weight is 1320 g/mol. The van der Waals surface area contributed by atoms with E-state index in [2.05, 4.69) is 5.43 Å². The fourth-order valence-corrected chi connectivity index (χ4v) is 8.13. The molecule has 0 saturated carbocycles. The molecule has 5 heterocycles. The Morgan fingerprint density at radius 1 is 0.352 bits per heavy atom. The molecule has 40 heteroatoms. The van der Waals surface area contributed by atoms with Crippen LogP contribution in [-0.2, 0) is 85.3 Å². The molecule has 0 aliphatic carbocycles. The zero-order chi connectivity index (χ0) is 67.8. The summed E-state index contributed by atoms with van der Waals surface area (Å²) in [6, 6.07) is -0.184. The normalized spacial score (nSPS) is 14.2. The Bertz CT molecular complexity index is 1950. The third-order valence-corrected chi connectivity index (χ3v) is 11.7. The molecule has 3 saturated heterocycles. The van der Waals surface area contributed by atoms with E-state index in [0.717, 1.165) is 19.5 Å². The first kappa shape index (κ1) is 82.9. The molecule has 2 aromatic rings. The van der Waals surface area contributed by atoms with Crippen molar-refractivity contribution in [1.82, 2.24) is 34.3 Å². The van der Waals surface area contributed by atoms with E-state index in [0.29, 0.717) is 114 Å². The van der Waals surface area contributed by atoms with Crippen molar-refractivity contribution in [2.75, 3.05) is 313 Å². The molecule has 2 aromatic heterocycles. The number of nitrogens with zero attached hydrogens (tertiary/aromatic N) is 18. The molecule has 91 heavy (non-hydrogen) atoms. The molecule has 0 atom stereocenters. The highest BCUT2D eigenvalue weighted by atomic mass is 16.6. The highest BCUT2D eigenvalue weighted by Gasteiger charge is 2.34. The summed E-state index contributed by atoms with van der Waals surface area (Å²) in [5, 5.41) is 9.24. The third kappa shape index (κ3) is 31.4. The summed E-state index contributed by atoms with van der Waals surface area (Å²) in [5.41, 5.74) is 3.09. The Morgan fingerprint density at radius 3 is 0.857 bits per heavy atom. The van der Waals surface area contributed by atoms with E-state index in [4.69, 9.17) is 85.3 Å². The van der Waals surface area contributed by atoms with Gasteiger partial charge < -0.3 is 95.1 Å². The molecular weight excluding hydrogens is 1210 g/mol. The van der Waals surface area contributed by atoms with Crippen LogP contribution < -0.4 is 58.5 Å². The van der Waals surface area contributed by atoms with Crippen molar-refractivity contribution in [3.63, 3.8) is 0 Å². The summed E-state index contributed by atoms with van der Waals surface area (Å²) in [6.07, 6.45) is 12.0. The lowest BCUT2D eigenvalue weighted by atomic mass is 10.3. The van der Waals surface area contributed by atoms with Crippen LogP contribution in [0.4, 0.5) is 14.4 Å². The molecule has 3 aliphatic heterocycles. The van der Waals surface area contributed by atoms with E-state index in [1.807, 2.05) is 98.3 Å². The van der Waals surface area contributed by atoms with E-state index in [1.54, 1.807) is 131 Å². The maximum Gasteiger partial charge on any atom is 0.474 e. The molecule has 0 spiro atoms. The lowest BCUT2D eigenvalue weighted by Gasteiger charge is -2.39. The van der Waals surface area contributed by atoms with Crippen LogP contribution in [0.15, 0.2) is 38.0 Å². The Hall–Kier alpha value is -6.13. The van der Waals surface area contributed by atoms with E-state index < -0.39 is 0 Å². The number of hydrogen-bond donors (Lipinski definition) is 1. The van der Waals surface area contributed by atoms with Crippen molar-refractivity contribution >= 4 is 18.1 Å². The molecule has 3 aliphatic rings. The Morgan fingerprint density at radius 2 is 0.593 bits per heavy atom. The molecule has 1 N–H and O–H groups in total. The van der Waals surface area contributed by atoms with Gasteiger partial charge in [-0.2, -0.15) is 5.43 Å². The van der Waals surface area contributed by atoms with Crippen LogP contribution in [-0.4, -0.2) is 335 Å². The van der Waals surface area contributed by atoms with E-state index in [9.17, 15) is 14.4 Å². The van der Waals surface area contributed by atoms with Gasteiger partial charge in [0.05, 0.1) is 13.3 Å². The maximum atomic E-state index is 11.7. The summed E-state index contributed by atoms with van der Waals surface area (Å²) < 4.78 is 103. The quantitative estimate of drug-likeness (QED) is 0.0480. The fraction of sp³-hybridized carbons (Fsp3) is 0.824. The number of methoxy groups -OCH3 is 17. The second kappa shape index (κ2) is 51.4. The Kier molecular flexibility index (Phi) is 46.8. The highest BCUT2D eigenvalue weighted by molar-refractivity contribution is 5.75. The van der Waals surface area contributed by atoms with Crippen molar-refractivity contribution in [2.45, 2.75) is 6.42 Å². The second-order valence-corrected chi connectivity index (χ2v) is 19.3. The van der Waals surface area contributed by atoms with Crippen molar-refractivity contribution in [1.29, 1.82) is 0 Å². The first-order chi connectivity index (χ1) is 44.1. The van der Waals surface area contributed by atoms with Gasteiger partial charge in [-0.3, -0.25) is 24.5 Å². The minimum absolute atomic E-state index is 0.00468. The fourth-order valence-electron chi connectivity index (χ4n) is 8.13. The zero-order valence-corrected chi connectivity index (χ0v) is 57.1. The highest BCUT2D eigenvalue weighted by Crippen LogP contribution is 2.10. The topological polar surface area (TPSA) is 292 Å². The number of carbonyl (C=O) groups is 3. The van der Waals surface area contributed by atoms with Gasteiger partial charge in [-0.1, -0.05) is 0 Å². The minimum Gasteiger partial charge on any atom is -0.364 e. The number of rotatable bonds is 40. The number of ether oxygens (including phenoxy) is 18. The lowest BCUT2D eigenvalue weighted by Crippen LogP contribution is -2.76. The zero-order valence-electron chi connectivity index (χ0n) is 57.1. The second-order valence-electron chi connectivity index (χ2n) is 19.3. The van der Waals surface area contributed by atoms with Gasteiger partial charge in [0.1, 0.15) is 53.8 Å². The molecule has 0 aromatic carbocycles. The SMILES string of the molecule is COCN(COC)[n+]1c[n+](N(COC)COC)c[n+](N(COC)COC)c1.COCN1CCCN(COC)C1=O.COCN1CN(C)CN(COC)C1=O.COCN1COCN(COC)C1=O.COCN[n+]1c[n+](N(COC)COC)c[n+](N(COC)COC)c1. The van der Waals surface area contributed by atoms with Crippen LogP contribution in [0.25, 0.3) is 0 Å². The summed E-state index contributed by atoms with van der Waals surface area (Å²) >= 11 is 0. The van der Waals surface area contributed by atoms with Gasteiger partial charge in [0.15, 0.2) is 74.0 Å². The van der Waals surface area contributed by atoms with Crippen molar-refractivity contribution in [3.8, 4) is 0 Å². The number of hydrogen-bond acceptors (Lipinski definition) is 28. The third-order valence-electron chi connectivity index (χ3n) is 11.7. The largest absolute Gasteiger partial charge is 0.474 e. The number of amides is 6. The van der Waals surface area contributed by atoms with E-state index >= 15 is 0 Å². The summed E-state index contributed by atoms with van der Waals surface area (Å²) in [5.74, 6) is 0. The molecule has 528 valence electrons. The van der Waals surface area contributed by atoms with Gasteiger partial charge in [-0.15, -0.1) is 25.0 Å². The lowest BCUT2D eigenvalue weighted by molar-refractivity contribution is -0.941. The molecule has 0 bridgehead atoms. The van der Waals surface area contributed by atoms with E-state index in [1.165, 1.54) is 24.0 Å². The van der Waals surface area contributed by atoms with Gasteiger partial charge in [0.2, 0.25) is 0 Å². The van der Waals surface area contributed by atoms with Crippen LogP contribution in [0.2, 0.25) is 0 Å². The smallest absolute Gasteiger partial charge is 0.364 e. The van der Waals surface area contributed by atoms with Crippen LogP contribution in [0, 0.1) is 0 Å². The monoisotopic (exact) mass is 1320 g/mol. The van der Waals surface area contributed by atoms with Crippen molar-refractivity contribution < 1.29 is 128 Å². The van der Waals surface area contributed by atoms with E-state index in [-0.39, 0.29) is 45.0 Å². The van der Waals surface area contributed by atoms with Gasteiger partial charge in [0, 0.05) is 162 Å². The predicted octanol–water partition coefficient (Wildman–Crippen LogP) is -6.06. The molecule has 6 amide bonds. The predicted molar refractivity (Wildman–Crippen MR) is 316 cm³/mol. The van der Waals surface area contributed by atoms with Crippen molar-refractivity contribution in [2.24, 2.45) is 0 Å². The first-order valence-electron chi connectivity index (χ1n) is 28.1. The summed E-state index contributed by atoms with van der Waals surface area (Å²) in [6.45, 7) is 8.76. The summed E-state index contributed by atoms with van der Waals surface area (Å²) in [4.78, 5) is 46.3. The van der Waals surface area contributed by atoms with Crippen LogP contribution >= 0.6 is 0 Å². The van der Waals surface area contributed by atoms with Crippen LogP contribution in [0.5, 0.6) is 0 Å². The Balaban J connectivity index is 0.000000589. The average Bonchev–Trinajstić information content (AvgIpc) is 1.99. The first-order valence-corrected chi connectivity index (χ1v) is 28.1. The number of nitrogens with one attached hydrogen (secondary N) is 1. The van der Waals surface area contributed by atoms with Gasteiger partial charge >= 0.3 is 56.1 Å². The Labute approximate surface area is 536 Å². The number of aromatic nitrogens is 6. The van der Waals surface area contributed by atoms with Crippen molar-refractivity contribution in [3.05, 3.63) is 38.0 Å².